The summed E-state index contributed by atoms with van der Waals surface area (Å²) in [5.74, 6) is -0.255. The molecule has 6 nitrogen and oxygen atoms in total. The molecule has 0 fully saturated rings. The molecule has 2 amide bonds. The normalized spacial score (nSPS) is 10.4. The number of carbonyl (C=O) groups is 2. The van der Waals surface area contributed by atoms with Crippen molar-refractivity contribution in [1.29, 1.82) is 0 Å². The second-order valence-corrected chi connectivity index (χ2v) is 6.18. The number of hydrogen-bond donors (Lipinski definition) is 2. The van der Waals surface area contributed by atoms with Crippen LogP contribution in [0.3, 0.4) is 0 Å². The van der Waals surface area contributed by atoms with Crippen molar-refractivity contribution in [2.75, 3.05) is 11.9 Å². The first-order valence-corrected chi connectivity index (χ1v) is 8.68. The zero-order valence-corrected chi connectivity index (χ0v) is 15.3. The van der Waals surface area contributed by atoms with Crippen LogP contribution in [0.15, 0.2) is 65.1 Å². The Labute approximate surface area is 165 Å². The minimum absolute atomic E-state index is 0.0595. The first-order chi connectivity index (χ1) is 13.5. The Bertz CT molecular complexity index is 955. The number of anilines is 1. The van der Waals surface area contributed by atoms with E-state index in [1.807, 2.05) is 0 Å². The van der Waals surface area contributed by atoms with Crippen molar-refractivity contribution in [2.24, 2.45) is 0 Å². The fraction of sp³-hybridized carbons (Fsp3) is 0.100. The lowest BCUT2D eigenvalue weighted by Gasteiger charge is -2.06. The van der Waals surface area contributed by atoms with Crippen molar-refractivity contribution in [3.8, 4) is 5.75 Å². The van der Waals surface area contributed by atoms with Gasteiger partial charge in [0.25, 0.3) is 5.91 Å². The quantitative estimate of drug-likeness (QED) is 0.625. The molecule has 0 saturated carbocycles. The zero-order chi connectivity index (χ0) is 19.9. The van der Waals surface area contributed by atoms with Crippen LogP contribution < -0.4 is 15.4 Å². The molecular formula is C20H16ClFN2O4. The van der Waals surface area contributed by atoms with Gasteiger partial charge < -0.3 is 19.8 Å². The molecule has 0 unspecified atom stereocenters. The number of carbonyl (C=O) groups excluding carboxylic acids is 2. The van der Waals surface area contributed by atoms with E-state index in [0.717, 1.165) is 0 Å². The maximum absolute atomic E-state index is 12.8. The molecule has 0 aliphatic carbocycles. The fourth-order valence-corrected chi connectivity index (χ4v) is 2.37. The van der Waals surface area contributed by atoms with Crippen molar-refractivity contribution < 1.29 is 23.1 Å². The summed E-state index contributed by atoms with van der Waals surface area (Å²) in [4.78, 5) is 23.9. The van der Waals surface area contributed by atoms with E-state index >= 15 is 0 Å². The van der Waals surface area contributed by atoms with Crippen LogP contribution in [0.25, 0.3) is 0 Å². The number of furan rings is 1. The molecule has 0 radical (unpaired) electrons. The number of amides is 2. The summed E-state index contributed by atoms with van der Waals surface area (Å²) in [7, 11) is 0. The van der Waals surface area contributed by atoms with E-state index in [-0.39, 0.29) is 18.9 Å². The van der Waals surface area contributed by atoms with Gasteiger partial charge in [-0.15, -0.1) is 0 Å². The highest BCUT2D eigenvalue weighted by Crippen LogP contribution is 2.17. The van der Waals surface area contributed by atoms with E-state index < -0.39 is 17.6 Å². The van der Waals surface area contributed by atoms with Crippen LogP contribution in [0, 0.1) is 5.82 Å². The van der Waals surface area contributed by atoms with Crippen molar-refractivity contribution in [2.45, 2.75) is 6.61 Å². The summed E-state index contributed by atoms with van der Waals surface area (Å²) in [6.07, 6.45) is 0. The van der Waals surface area contributed by atoms with Crippen molar-refractivity contribution in [1.82, 2.24) is 5.32 Å². The molecule has 0 bridgehead atoms. The van der Waals surface area contributed by atoms with Crippen LogP contribution in [-0.4, -0.2) is 18.4 Å². The highest BCUT2D eigenvalue weighted by molar-refractivity contribution is 6.30. The molecule has 1 heterocycles. The standard InChI is InChI=1S/C20H16ClFN2O4/c21-13-1-7-16(8-2-13)27-12-17-9-10-18(28-17)20(26)23-11-19(25)24-15-5-3-14(22)4-6-15/h1-10H,11-12H2,(H,23,26)(H,24,25). The minimum atomic E-state index is -0.535. The first-order valence-electron chi connectivity index (χ1n) is 8.30. The summed E-state index contributed by atoms with van der Waals surface area (Å²) in [6, 6.07) is 15.3. The van der Waals surface area contributed by atoms with E-state index in [4.69, 9.17) is 20.8 Å². The van der Waals surface area contributed by atoms with Gasteiger partial charge in [-0.1, -0.05) is 11.6 Å². The van der Waals surface area contributed by atoms with Gasteiger partial charge >= 0.3 is 0 Å². The molecule has 8 heteroatoms. The number of rotatable bonds is 7. The highest BCUT2D eigenvalue weighted by atomic mass is 35.5. The topological polar surface area (TPSA) is 80.6 Å². The molecule has 144 valence electrons. The van der Waals surface area contributed by atoms with Gasteiger partial charge in [-0.3, -0.25) is 9.59 Å². The van der Waals surface area contributed by atoms with E-state index in [1.165, 1.54) is 30.3 Å². The minimum Gasteiger partial charge on any atom is -0.486 e. The molecule has 0 aliphatic heterocycles. The molecule has 0 atom stereocenters. The number of benzene rings is 2. The lowest BCUT2D eigenvalue weighted by atomic mass is 10.3. The second kappa shape index (κ2) is 9.05. The van der Waals surface area contributed by atoms with Crippen LogP contribution in [0.2, 0.25) is 5.02 Å². The Morgan fingerprint density at radius 3 is 2.43 bits per heavy atom. The SMILES string of the molecule is O=C(CNC(=O)c1ccc(COc2ccc(Cl)cc2)o1)Nc1ccc(F)cc1. The van der Waals surface area contributed by atoms with Crippen molar-refractivity contribution >= 4 is 29.1 Å². The van der Waals surface area contributed by atoms with Gasteiger partial charge in [0.1, 0.15) is 23.9 Å². The molecule has 0 spiro atoms. The number of halogens is 2. The maximum atomic E-state index is 12.8. The van der Waals surface area contributed by atoms with Gasteiger partial charge in [0, 0.05) is 10.7 Å². The monoisotopic (exact) mass is 402 g/mol. The average Bonchev–Trinajstić information content (AvgIpc) is 3.17. The highest BCUT2D eigenvalue weighted by Gasteiger charge is 2.13. The van der Waals surface area contributed by atoms with Gasteiger partial charge in [-0.25, -0.2) is 4.39 Å². The number of nitrogens with one attached hydrogen (secondary N) is 2. The number of hydrogen-bond acceptors (Lipinski definition) is 4. The fourth-order valence-electron chi connectivity index (χ4n) is 2.25. The van der Waals surface area contributed by atoms with Gasteiger partial charge in [0.15, 0.2) is 5.76 Å². The summed E-state index contributed by atoms with van der Waals surface area (Å²) in [5, 5.41) is 5.60. The molecule has 2 N–H and O–H groups in total. The van der Waals surface area contributed by atoms with Gasteiger partial charge in [-0.05, 0) is 60.7 Å². The molecule has 2 aromatic carbocycles. The predicted octanol–water partition coefficient (Wildman–Crippen LogP) is 4.02. The molecule has 1 aromatic heterocycles. The predicted molar refractivity (Wildman–Crippen MR) is 102 cm³/mol. The van der Waals surface area contributed by atoms with E-state index in [9.17, 15) is 14.0 Å². The maximum Gasteiger partial charge on any atom is 0.287 e. The Balaban J connectivity index is 1.46. The van der Waals surface area contributed by atoms with Crippen molar-refractivity contribution in [3.63, 3.8) is 0 Å². The smallest absolute Gasteiger partial charge is 0.287 e. The Hall–Kier alpha value is -3.32. The van der Waals surface area contributed by atoms with E-state index in [2.05, 4.69) is 10.6 Å². The Morgan fingerprint density at radius 1 is 1.00 bits per heavy atom. The third-order valence-electron chi connectivity index (χ3n) is 3.62. The lowest BCUT2D eigenvalue weighted by Crippen LogP contribution is -2.32. The first kappa shape index (κ1) is 19.4. The third kappa shape index (κ3) is 5.59. The Morgan fingerprint density at radius 2 is 1.71 bits per heavy atom. The van der Waals surface area contributed by atoms with Gasteiger partial charge in [0.05, 0.1) is 6.54 Å². The van der Waals surface area contributed by atoms with Crippen LogP contribution in [-0.2, 0) is 11.4 Å². The molecule has 3 aromatic rings. The van der Waals surface area contributed by atoms with Gasteiger partial charge in [0.2, 0.25) is 5.91 Å². The molecular weight excluding hydrogens is 387 g/mol. The summed E-state index contributed by atoms with van der Waals surface area (Å²) in [5.41, 5.74) is 0.431. The third-order valence-corrected chi connectivity index (χ3v) is 3.87. The van der Waals surface area contributed by atoms with E-state index in [0.29, 0.717) is 22.2 Å². The van der Waals surface area contributed by atoms with Gasteiger partial charge in [-0.2, -0.15) is 0 Å². The van der Waals surface area contributed by atoms with Crippen LogP contribution in [0.4, 0.5) is 10.1 Å². The summed E-state index contributed by atoms with van der Waals surface area (Å²) >= 11 is 5.81. The molecule has 0 saturated heterocycles. The largest absolute Gasteiger partial charge is 0.486 e. The number of ether oxygens (including phenoxy) is 1. The molecule has 0 aliphatic rings. The van der Waals surface area contributed by atoms with Crippen LogP contribution in [0.1, 0.15) is 16.3 Å². The molecule has 3 rings (SSSR count). The molecule has 28 heavy (non-hydrogen) atoms. The summed E-state index contributed by atoms with van der Waals surface area (Å²) in [6.45, 7) is -0.118. The summed E-state index contributed by atoms with van der Waals surface area (Å²) < 4.78 is 23.8. The average molecular weight is 403 g/mol. The zero-order valence-electron chi connectivity index (χ0n) is 14.6. The van der Waals surface area contributed by atoms with E-state index in [1.54, 1.807) is 30.3 Å². The lowest BCUT2D eigenvalue weighted by molar-refractivity contribution is -0.115. The van der Waals surface area contributed by atoms with Crippen LogP contribution >= 0.6 is 11.6 Å². The Kier molecular flexibility index (Phi) is 6.29. The van der Waals surface area contributed by atoms with Crippen LogP contribution in [0.5, 0.6) is 5.75 Å². The second-order valence-electron chi connectivity index (χ2n) is 5.75. The van der Waals surface area contributed by atoms with Crippen molar-refractivity contribution in [3.05, 3.63) is 83.0 Å².